The van der Waals surface area contributed by atoms with E-state index < -0.39 is 0 Å². The van der Waals surface area contributed by atoms with Crippen LogP contribution >= 0.6 is 0 Å². The van der Waals surface area contributed by atoms with E-state index in [9.17, 15) is 0 Å². The molecule has 0 spiro atoms. The second-order valence-electron chi connectivity index (χ2n) is 0. The molecule has 0 heterocycles. The topological polar surface area (TPSA) is 17.1 Å². The summed E-state index contributed by atoms with van der Waals surface area (Å²) >= 11 is 0. The predicted octanol–water partition coefficient (Wildman–Crippen LogP) is 0.169. The van der Waals surface area contributed by atoms with Gasteiger partial charge in [-0.1, -0.05) is 0 Å². The zero-order valence-corrected chi connectivity index (χ0v) is 15.3. The van der Waals surface area contributed by atoms with Crippen molar-refractivity contribution in [2.75, 3.05) is 0 Å². The normalized spacial score (nSPS) is 0.571. The molecule has 0 bridgehead atoms. The molecule has 0 rings (SSSR count). The minimum Gasteiger partial charge on any atom is -0.545 e. The van der Waals surface area contributed by atoms with Gasteiger partial charge in [0, 0.05) is 103 Å². The maximum Gasteiger partial charge on any atom is 0 e. The molecule has 0 amide bonds. The summed E-state index contributed by atoms with van der Waals surface area (Å²) in [7, 11) is 0. The van der Waals surface area contributed by atoms with Gasteiger partial charge in [0.2, 0.25) is 0 Å². The van der Waals surface area contributed by atoms with Crippen LogP contribution < -0.4 is 0 Å². The Morgan fingerprint density at radius 2 is 1.14 bits per heavy atom. The van der Waals surface area contributed by atoms with Crippen LogP contribution in [0, 0.1) is 38.5 Å². The van der Waals surface area contributed by atoms with Gasteiger partial charge in [0.25, 0.3) is 0 Å². The Bertz CT molecular complexity index is 17.7. The van der Waals surface area contributed by atoms with Crippen molar-refractivity contribution in [1.82, 2.24) is 0 Å². The van der Waals surface area contributed by atoms with Crippen LogP contribution in [0.1, 0.15) is 0 Å². The maximum atomic E-state index is 7.75. The van der Waals surface area contributed by atoms with Crippen molar-refractivity contribution in [1.29, 1.82) is 0 Å². The largest absolute Gasteiger partial charge is 0.545 e. The summed E-state index contributed by atoms with van der Waals surface area (Å²) in [5.74, 6) is 0. The monoisotopic (exact) mass is 606 g/mol. The van der Waals surface area contributed by atoms with Crippen LogP contribution in [-0.2, 0) is 77.1 Å². The van der Waals surface area contributed by atoms with Crippen molar-refractivity contribution in [2.45, 2.75) is 0 Å². The van der Waals surface area contributed by atoms with Gasteiger partial charge < -0.3 is 12.2 Å². The minimum absolute atomic E-state index is 0. The average molecular weight is 606 g/mol. The molecule has 0 saturated carbocycles. The molecule has 0 aliphatic heterocycles. The molecule has 38 valence electrons. The van der Waals surface area contributed by atoms with E-state index in [1.54, 1.807) is 0 Å². The fraction of sp³-hybridized carbons (Fsp3) is 0. The molecule has 0 fully saturated rings. The Morgan fingerprint density at radius 1 is 1.14 bits per heavy atom. The Hall–Kier alpha value is 3.10. The molecular formula is C2H4OUVWY-2. The Kier molecular flexibility index (Phi) is 442. The van der Waals surface area contributed by atoms with E-state index >= 15 is 0 Å². The Labute approximate surface area is 120 Å². The van der Waals surface area contributed by atoms with E-state index in [4.69, 9.17) is 4.79 Å². The van der Waals surface area contributed by atoms with Crippen LogP contribution in [0.4, 0.5) is 0 Å². The molecule has 0 aliphatic carbocycles. The quantitative estimate of drug-likeness (QED) is 0.285. The summed E-state index contributed by atoms with van der Waals surface area (Å²) in [4.78, 5) is 7.75. The van der Waals surface area contributed by atoms with Gasteiger partial charge in [-0.15, -0.1) is 0 Å². The van der Waals surface area contributed by atoms with E-state index in [1.165, 1.54) is 0 Å². The molecule has 0 aromatic carbocycles. The van der Waals surface area contributed by atoms with Gasteiger partial charge in [-0.3, -0.25) is 6.79 Å². The van der Waals surface area contributed by atoms with Gasteiger partial charge in [0.1, 0.15) is 0 Å². The molecule has 1 nitrogen and oxygen atoms in total. The van der Waals surface area contributed by atoms with Gasteiger partial charge in [-0.05, 0) is 0 Å². The van der Waals surface area contributed by atoms with Gasteiger partial charge in [-0.25, -0.2) is 0 Å². The van der Waals surface area contributed by atoms with Crippen LogP contribution in [0.25, 0.3) is 0 Å². The molecule has 0 aliphatic rings. The zero-order valence-electron chi connectivity index (χ0n) is 3.92. The second kappa shape index (κ2) is 62.2. The molecule has 0 N–H and O–H groups in total. The van der Waals surface area contributed by atoms with E-state index in [0.717, 1.165) is 0 Å². The molecule has 0 atom stereocenters. The first-order valence-corrected chi connectivity index (χ1v) is 0.236. The first-order chi connectivity index (χ1) is 1.00. The number of carbonyl (C=O) groups excluding carboxylic acids is 1. The zero-order chi connectivity index (χ0) is 2.00. The molecule has 0 saturated heterocycles. The van der Waals surface area contributed by atoms with Crippen LogP contribution in [0.2, 0.25) is 0 Å². The van der Waals surface area contributed by atoms with Crippen molar-refractivity contribution < 1.29 is 108 Å². The number of hydrogen-bond acceptors (Lipinski definition) is 1. The summed E-state index contributed by atoms with van der Waals surface area (Å²) in [6, 6.07) is 0. The van der Waals surface area contributed by atoms with Crippen molar-refractivity contribution in [3.05, 3.63) is 7.43 Å². The van der Waals surface area contributed by atoms with Gasteiger partial charge >= 0.3 is 0 Å². The van der Waals surface area contributed by atoms with E-state index in [0.29, 0.717) is 0 Å². The fourth-order valence-electron chi connectivity index (χ4n) is 0. The van der Waals surface area contributed by atoms with E-state index in [2.05, 4.69) is 6.79 Å². The molecule has 0 aromatic heterocycles. The molecule has 7 heavy (non-hydrogen) atoms. The summed E-state index contributed by atoms with van der Waals surface area (Å²) in [5.41, 5.74) is 0. The second-order valence-corrected chi connectivity index (χ2v) is 0. The third-order valence-corrected chi connectivity index (χ3v) is 0. The Morgan fingerprint density at radius 3 is 1.14 bits per heavy atom. The molecule has 5 heteroatoms. The molecular weight excluding hydrogens is 602 g/mol. The summed E-state index contributed by atoms with van der Waals surface area (Å²) < 4.78 is 0. The number of hydrogen-bond donors (Lipinski definition) is 0. The van der Waals surface area contributed by atoms with Crippen molar-refractivity contribution in [3.8, 4) is 0 Å². The average Bonchev–Trinajstić information content (AvgIpc) is 1.00. The maximum absolute atomic E-state index is 7.75. The van der Waals surface area contributed by atoms with Crippen molar-refractivity contribution >= 4 is 6.79 Å². The first-order valence-electron chi connectivity index (χ1n) is 0.236. The summed E-state index contributed by atoms with van der Waals surface area (Å²) in [6.07, 6.45) is 0. The van der Waals surface area contributed by atoms with Crippen LogP contribution in [0.3, 0.4) is 0 Å². The Balaban J connectivity index is -0.000000000500. The predicted molar refractivity (Wildman–Crippen MR) is 13.2 cm³/mol. The van der Waals surface area contributed by atoms with E-state index in [-0.39, 0.29) is 111 Å². The van der Waals surface area contributed by atoms with Crippen LogP contribution in [0.15, 0.2) is 0 Å². The standard InChI is InChI=1S/CHO.CH3.U.V.W.Y/c1-2;;;;;/h1H;1H3;;;;/q2*-1;;;;. The molecule has 2 radical (unpaired) electrons. The van der Waals surface area contributed by atoms with Gasteiger partial charge in [0.05, 0.1) is 0 Å². The van der Waals surface area contributed by atoms with Crippen LogP contribution in [-0.4, -0.2) is 6.79 Å². The van der Waals surface area contributed by atoms with Crippen molar-refractivity contribution in [3.63, 3.8) is 0 Å². The smallest absolute Gasteiger partial charge is 0 e. The molecule has 0 unspecified atom stereocenters. The van der Waals surface area contributed by atoms with Gasteiger partial charge in [-0.2, -0.15) is 0 Å². The van der Waals surface area contributed by atoms with E-state index in [1.807, 2.05) is 0 Å². The minimum atomic E-state index is 0. The summed E-state index contributed by atoms with van der Waals surface area (Å²) in [5, 5.41) is 0. The van der Waals surface area contributed by atoms with Crippen LogP contribution in [0.5, 0.6) is 0 Å². The molecule has 0 aromatic rings. The first kappa shape index (κ1) is 49.8. The third kappa shape index (κ3) is 47.8. The fourth-order valence-corrected chi connectivity index (χ4v) is 0. The number of rotatable bonds is 0. The van der Waals surface area contributed by atoms with Gasteiger partial charge in [0.15, 0.2) is 0 Å². The summed E-state index contributed by atoms with van der Waals surface area (Å²) in [6.45, 7) is 3.25. The third-order valence-electron chi connectivity index (χ3n) is 0. The SMILES string of the molecule is [CH-]=O.[CH3-].[U].[V].[W].[Y]. The van der Waals surface area contributed by atoms with Crippen molar-refractivity contribution in [2.24, 2.45) is 0 Å².